The quantitative estimate of drug-likeness (QED) is 0.760. The molecule has 2 heterocycles. The summed E-state index contributed by atoms with van der Waals surface area (Å²) >= 11 is 0. The monoisotopic (exact) mass is 349 g/mol. The maximum Gasteiger partial charge on any atom is 0.255 e. The largest absolute Gasteiger partial charge is 0.486 e. The van der Waals surface area contributed by atoms with Crippen LogP contribution in [0.5, 0.6) is 5.75 Å². The van der Waals surface area contributed by atoms with Crippen molar-refractivity contribution in [3.05, 3.63) is 65.6 Å². The first kappa shape index (κ1) is 16.6. The molecule has 0 bridgehead atoms. The van der Waals surface area contributed by atoms with Crippen molar-refractivity contribution in [2.75, 3.05) is 0 Å². The van der Waals surface area contributed by atoms with Crippen molar-refractivity contribution in [2.24, 2.45) is 0 Å². The lowest BCUT2D eigenvalue weighted by molar-refractivity contribution is 0.0933. The summed E-state index contributed by atoms with van der Waals surface area (Å²) in [6, 6.07) is 11.7. The molecule has 1 saturated carbocycles. The van der Waals surface area contributed by atoms with Crippen LogP contribution in [0.1, 0.15) is 47.3 Å². The van der Waals surface area contributed by atoms with Crippen molar-refractivity contribution in [1.82, 2.24) is 14.7 Å². The van der Waals surface area contributed by atoms with Crippen molar-refractivity contribution in [3.8, 4) is 5.75 Å². The van der Waals surface area contributed by atoms with Crippen molar-refractivity contribution < 1.29 is 9.53 Å². The molecule has 2 aromatic heterocycles. The fourth-order valence-corrected chi connectivity index (χ4v) is 3.54. The van der Waals surface area contributed by atoms with E-state index in [0.29, 0.717) is 17.9 Å². The predicted molar refractivity (Wildman–Crippen MR) is 100 cm³/mol. The van der Waals surface area contributed by atoms with Gasteiger partial charge in [0, 0.05) is 18.4 Å². The molecule has 1 N–H and O–H groups in total. The number of aromatic nitrogens is 2. The number of imidazole rings is 1. The second kappa shape index (κ2) is 7.20. The SMILES string of the molecule is Cc1cccn2cc(COc3ccccc3C(=O)NC3CCCC3)nc12. The van der Waals surface area contributed by atoms with Crippen molar-refractivity contribution in [2.45, 2.75) is 45.3 Å². The van der Waals surface area contributed by atoms with Crippen LogP contribution < -0.4 is 10.1 Å². The molecule has 5 heteroatoms. The zero-order valence-corrected chi connectivity index (χ0v) is 14.9. The van der Waals surface area contributed by atoms with Crippen LogP contribution in [0.4, 0.5) is 0 Å². The molecule has 0 unspecified atom stereocenters. The highest BCUT2D eigenvalue weighted by Crippen LogP contribution is 2.22. The third-order valence-electron chi connectivity index (χ3n) is 4.93. The molecule has 0 atom stereocenters. The van der Waals surface area contributed by atoms with Crippen molar-refractivity contribution in [1.29, 1.82) is 0 Å². The number of carbonyl (C=O) groups is 1. The van der Waals surface area contributed by atoms with E-state index in [1.54, 1.807) is 0 Å². The Kier molecular flexibility index (Phi) is 4.61. The summed E-state index contributed by atoms with van der Waals surface area (Å²) in [5, 5.41) is 3.12. The normalized spacial score (nSPS) is 14.7. The molecule has 0 radical (unpaired) electrons. The van der Waals surface area contributed by atoms with Gasteiger partial charge in [-0.2, -0.15) is 0 Å². The number of carbonyl (C=O) groups excluding carboxylic acids is 1. The van der Waals surface area contributed by atoms with E-state index in [1.807, 2.05) is 60.1 Å². The average Bonchev–Trinajstić information content (AvgIpc) is 3.30. The van der Waals surface area contributed by atoms with Gasteiger partial charge in [0.2, 0.25) is 0 Å². The molecule has 1 amide bonds. The number of nitrogens with zero attached hydrogens (tertiary/aromatic N) is 2. The molecule has 4 rings (SSSR count). The fourth-order valence-electron chi connectivity index (χ4n) is 3.54. The third kappa shape index (κ3) is 3.43. The molecule has 5 nitrogen and oxygen atoms in total. The third-order valence-corrected chi connectivity index (χ3v) is 4.93. The topological polar surface area (TPSA) is 55.6 Å². The lowest BCUT2D eigenvalue weighted by Crippen LogP contribution is -2.32. The Morgan fingerprint density at radius 3 is 2.85 bits per heavy atom. The summed E-state index contributed by atoms with van der Waals surface area (Å²) < 4.78 is 7.93. The summed E-state index contributed by atoms with van der Waals surface area (Å²) in [5.74, 6) is 0.537. The molecular formula is C21H23N3O2. The first-order valence-electron chi connectivity index (χ1n) is 9.16. The zero-order valence-electron chi connectivity index (χ0n) is 14.9. The molecule has 0 aliphatic heterocycles. The van der Waals surface area contributed by atoms with Crippen LogP contribution in [0.3, 0.4) is 0 Å². The van der Waals surface area contributed by atoms with Gasteiger partial charge >= 0.3 is 0 Å². The van der Waals surface area contributed by atoms with Crippen molar-refractivity contribution in [3.63, 3.8) is 0 Å². The number of amides is 1. The van der Waals surface area contributed by atoms with Gasteiger partial charge in [-0.15, -0.1) is 0 Å². The minimum absolute atomic E-state index is 0.0571. The van der Waals surface area contributed by atoms with Crippen LogP contribution in [-0.2, 0) is 6.61 Å². The Balaban J connectivity index is 1.49. The minimum atomic E-state index is -0.0571. The number of benzene rings is 1. The van der Waals surface area contributed by atoms with E-state index in [-0.39, 0.29) is 11.9 Å². The predicted octanol–water partition coefficient (Wildman–Crippen LogP) is 3.89. The van der Waals surface area contributed by atoms with E-state index in [2.05, 4.69) is 10.3 Å². The molecule has 134 valence electrons. The van der Waals surface area contributed by atoms with E-state index >= 15 is 0 Å². The van der Waals surface area contributed by atoms with E-state index in [4.69, 9.17) is 4.74 Å². The minimum Gasteiger partial charge on any atom is -0.486 e. The van der Waals surface area contributed by atoms with Gasteiger partial charge in [-0.25, -0.2) is 4.98 Å². The lowest BCUT2D eigenvalue weighted by Gasteiger charge is -2.14. The molecule has 26 heavy (non-hydrogen) atoms. The number of aryl methyl sites for hydroxylation is 1. The zero-order chi connectivity index (χ0) is 17.9. The van der Waals surface area contributed by atoms with Gasteiger partial charge in [-0.1, -0.05) is 31.0 Å². The molecule has 0 saturated heterocycles. The van der Waals surface area contributed by atoms with E-state index in [1.165, 1.54) is 12.8 Å². The molecule has 1 aliphatic rings. The highest BCUT2D eigenvalue weighted by atomic mass is 16.5. The fraction of sp³-hybridized carbons (Fsp3) is 0.333. The van der Waals surface area contributed by atoms with E-state index in [9.17, 15) is 4.79 Å². The second-order valence-corrected chi connectivity index (χ2v) is 6.89. The summed E-state index contributed by atoms with van der Waals surface area (Å²) in [6.45, 7) is 2.37. The highest BCUT2D eigenvalue weighted by molar-refractivity contribution is 5.97. The molecule has 1 aromatic carbocycles. The van der Waals surface area contributed by atoms with Gasteiger partial charge in [-0.05, 0) is 43.5 Å². The summed E-state index contributed by atoms with van der Waals surface area (Å²) in [7, 11) is 0. The summed E-state index contributed by atoms with van der Waals surface area (Å²) in [5.41, 5.74) is 3.47. The lowest BCUT2D eigenvalue weighted by atomic mass is 10.1. The number of hydrogen-bond donors (Lipinski definition) is 1. The van der Waals surface area contributed by atoms with Crippen LogP contribution in [0.15, 0.2) is 48.8 Å². The van der Waals surface area contributed by atoms with Gasteiger partial charge in [-0.3, -0.25) is 4.79 Å². The number of rotatable bonds is 5. The first-order chi connectivity index (χ1) is 12.7. The van der Waals surface area contributed by atoms with Crippen LogP contribution in [0.25, 0.3) is 5.65 Å². The molecule has 1 fully saturated rings. The van der Waals surface area contributed by atoms with Crippen LogP contribution in [-0.4, -0.2) is 21.3 Å². The van der Waals surface area contributed by atoms with Gasteiger partial charge in [0.25, 0.3) is 5.91 Å². The van der Waals surface area contributed by atoms with Crippen molar-refractivity contribution >= 4 is 11.6 Å². The first-order valence-corrected chi connectivity index (χ1v) is 9.16. The number of hydrogen-bond acceptors (Lipinski definition) is 3. The summed E-state index contributed by atoms with van der Waals surface area (Å²) in [4.78, 5) is 17.2. The number of fused-ring (bicyclic) bond motifs is 1. The Hall–Kier alpha value is -2.82. The molecule has 1 aliphatic carbocycles. The Morgan fingerprint density at radius 1 is 1.23 bits per heavy atom. The van der Waals surface area contributed by atoms with Crippen LogP contribution >= 0.6 is 0 Å². The van der Waals surface area contributed by atoms with E-state index < -0.39 is 0 Å². The number of ether oxygens (including phenoxy) is 1. The standard InChI is InChI=1S/C21H23N3O2/c1-15-7-6-12-24-13-17(22-20(15)24)14-26-19-11-5-4-10-18(19)21(25)23-16-8-2-3-9-16/h4-7,10-13,16H,2-3,8-9,14H2,1H3,(H,23,25). The maximum atomic E-state index is 12.6. The van der Waals surface area contributed by atoms with Gasteiger partial charge < -0.3 is 14.5 Å². The molecule has 3 aromatic rings. The van der Waals surface area contributed by atoms with E-state index in [0.717, 1.165) is 29.7 Å². The highest BCUT2D eigenvalue weighted by Gasteiger charge is 2.20. The number of para-hydroxylation sites is 1. The summed E-state index contributed by atoms with van der Waals surface area (Å²) in [6.07, 6.45) is 8.45. The van der Waals surface area contributed by atoms with Gasteiger partial charge in [0.1, 0.15) is 18.0 Å². The maximum absolute atomic E-state index is 12.6. The number of pyridine rings is 1. The molecular weight excluding hydrogens is 326 g/mol. The average molecular weight is 349 g/mol. The smallest absolute Gasteiger partial charge is 0.255 e. The second-order valence-electron chi connectivity index (χ2n) is 6.89. The molecule has 0 spiro atoms. The van der Waals surface area contributed by atoms with Gasteiger partial charge in [0.15, 0.2) is 0 Å². The number of nitrogens with one attached hydrogen (secondary N) is 1. The Bertz CT molecular complexity index is 926. The van der Waals surface area contributed by atoms with Crippen LogP contribution in [0.2, 0.25) is 0 Å². The Morgan fingerprint density at radius 2 is 2.04 bits per heavy atom. The van der Waals surface area contributed by atoms with Crippen LogP contribution in [0, 0.1) is 6.92 Å². The Labute approximate surface area is 153 Å². The van der Waals surface area contributed by atoms with Gasteiger partial charge in [0.05, 0.1) is 11.3 Å².